The fourth-order valence-corrected chi connectivity index (χ4v) is 2.63. The van der Waals surface area contributed by atoms with Gasteiger partial charge in [-0.25, -0.2) is 9.78 Å². The number of methoxy groups -OCH3 is 1. The quantitative estimate of drug-likeness (QED) is 0.851. The Bertz CT molecular complexity index is 607. The van der Waals surface area contributed by atoms with E-state index in [0.717, 1.165) is 10.6 Å². The number of nitrogens with zero attached hydrogens (tertiary/aromatic N) is 1. The van der Waals surface area contributed by atoms with Crippen molar-refractivity contribution in [3.05, 3.63) is 45.4 Å². The standard InChI is InChI=1S/C15H17NO4S/c1-10-3-5-11(6-4-10)20-9-12-14(15(17)18)21-13(16-12)7-8-19-2/h3-6H,7-9H2,1-2H3,(H,17,18). The topological polar surface area (TPSA) is 68.7 Å². The third-order valence-corrected chi connectivity index (χ3v) is 4.00. The third kappa shape index (κ3) is 4.27. The van der Waals surface area contributed by atoms with Crippen LogP contribution < -0.4 is 4.74 Å². The lowest BCUT2D eigenvalue weighted by molar-refractivity contribution is 0.0699. The van der Waals surface area contributed by atoms with E-state index in [9.17, 15) is 9.90 Å². The van der Waals surface area contributed by atoms with Crippen LogP contribution in [0.15, 0.2) is 24.3 Å². The molecule has 1 heterocycles. The number of aromatic carboxylic acids is 1. The molecule has 0 spiro atoms. The van der Waals surface area contributed by atoms with Crippen LogP contribution in [0.4, 0.5) is 0 Å². The summed E-state index contributed by atoms with van der Waals surface area (Å²) in [4.78, 5) is 15.8. The van der Waals surface area contributed by atoms with Crippen molar-refractivity contribution in [2.75, 3.05) is 13.7 Å². The lowest BCUT2D eigenvalue weighted by Gasteiger charge is -2.05. The van der Waals surface area contributed by atoms with Gasteiger partial charge in [-0.15, -0.1) is 11.3 Å². The summed E-state index contributed by atoms with van der Waals surface area (Å²) in [6.07, 6.45) is 0.603. The molecule has 1 aromatic carbocycles. The summed E-state index contributed by atoms with van der Waals surface area (Å²) >= 11 is 1.17. The molecule has 0 aliphatic heterocycles. The first-order valence-corrected chi connectivity index (χ1v) is 7.32. The highest BCUT2D eigenvalue weighted by molar-refractivity contribution is 7.13. The Balaban J connectivity index is 2.08. The van der Waals surface area contributed by atoms with Crippen LogP contribution in [0.5, 0.6) is 5.75 Å². The molecule has 112 valence electrons. The molecular weight excluding hydrogens is 290 g/mol. The number of hydrogen-bond donors (Lipinski definition) is 1. The van der Waals surface area contributed by atoms with Gasteiger partial charge in [-0.1, -0.05) is 17.7 Å². The highest BCUT2D eigenvalue weighted by atomic mass is 32.1. The first kappa shape index (κ1) is 15.5. The number of benzene rings is 1. The van der Waals surface area contributed by atoms with Crippen LogP contribution in [0.25, 0.3) is 0 Å². The largest absolute Gasteiger partial charge is 0.487 e. The van der Waals surface area contributed by atoms with Crippen molar-refractivity contribution in [1.29, 1.82) is 0 Å². The first-order valence-electron chi connectivity index (χ1n) is 6.50. The van der Waals surface area contributed by atoms with Crippen molar-refractivity contribution in [3.63, 3.8) is 0 Å². The number of rotatable bonds is 7. The van der Waals surface area contributed by atoms with Crippen LogP contribution in [0.2, 0.25) is 0 Å². The van der Waals surface area contributed by atoms with E-state index in [1.54, 1.807) is 7.11 Å². The van der Waals surface area contributed by atoms with Gasteiger partial charge in [0.05, 0.1) is 11.6 Å². The minimum absolute atomic E-state index is 0.147. The van der Waals surface area contributed by atoms with Crippen LogP contribution in [-0.4, -0.2) is 29.8 Å². The number of carboxylic acid groups (broad SMARTS) is 1. The molecule has 0 aliphatic carbocycles. The number of thiazole rings is 1. The predicted octanol–water partition coefficient (Wildman–Crippen LogP) is 2.92. The highest BCUT2D eigenvalue weighted by Gasteiger charge is 2.17. The average Bonchev–Trinajstić information content (AvgIpc) is 2.88. The van der Waals surface area contributed by atoms with Gasteiger partial charge in [-0.2, -0.15) is 0 Å². The minimum atomic E-state index is -0.973. The van der Waals surface area contributed by atoms with Gasteiger partial charge in [0.15, 0.2) is 0 Å². The summed E-state index contributed by atoms with van der Waals surface area (Å²) in [6.45, 7) is 2.66. The Morgan fingerprint density at radius 2 is 2.05 bits per heavy atom. The molecule has 1 N–H and O–H groups in total. The van der Waals surface area contributed by atoms with E-state index in [1.165, 1.54) is 11.3 Å². The van der Waals surface area contributed by atoms with Gasteiger partial charge in [-0.3, -0.25) is 0 Å². The maximum atomic E-state index is 11.2. The van der Waals surface area contributed by atoms with E-state index >= 15 is 0 Å². The van der Waals surface area contributed by atoms with Gasteiger partial charge < -0.3 is 14.6 Å². The molecule has 0 radical (unpaired) electrons. The molecule has 0 amide bonds. The van der Waals surface area contributed by atoms with Crippen molar-refractivity contribution < 1.29 is 19.4 Å². The molecule has 0 fully saturated rings. The number of aromatic nitrogens is 1. The number of hydrogen-bond acceptors (Lipinski definition) is 5. The Morgan fingerprint density at radius 1 is 1.33 bits per heavy atom. The second-order valence-corrected chi connectivity index (χ2v) is 5.62. The summed E-state index contributed by atoms with van der Waals surface area (Å²) in [5.74, 6) is -0.276. The number of aryl methyl sites for hydroxylation is 1. The first-order chi connectivity index (χ1) is 10.1. The monoisotopic (exact) mass is 307 g/mol. The fourth-order valence-electron chi connectivity index (χ4n) is 1.75. The lowest BCUT2D eigenvalue weighted by Crippen LogP contribution is -2.03. The predicted molar refractivity (Wildman–Crippen MR) is 80.2 cm³/mol. The molecule has 1 aromatic heterocycles. The molecule has 5 nitrogen and oxygen atoms in total. The van der Waals surface area contributed by atoms with Gasteiger partial charge in [0.2, 0.25) is 0 Å². The van der Waals surface area contributed by atoms with E-state index in [0.29, 0.717) is 24.5 Å². The smallest absolute Gasteiger partial charge is 0.347 e. The third-order valence-electron chi connectivity index (χ3n) is 2.85. The van der Waals surface area contributed by atoms with Crippen molar-refractivity contribution in [3.8, 4) is 5.75 Å². The molecule has 0 saturated carbocycles. The zero-order valence-electron chi connectivity index (χ0n) is 12.0. The van der Waals surface area contributed by atoms with E-state index < -0.39 is 5.97 Å². The van der Waals surface area contributed by atoms with Crippen LogP contribution in [-0.2, 0) is 17.8 Å². The van der Waals surface area contributed by atoms with E-state index in [2.05, 4.69) is 4.98 Å². The molecule has 21 heavy (non-hydrogen) atoms. The van der Waals surface area contributed by atoms with Crippen LogP contribution in [0.1, 0.15) is 25.9 Å². The SMILES string of the molecule is COCCc1nc(COc2ccc(C)cc2)c(C(=O)O)s1. The summed E-state index contributed by atoms with van der Waals surface area (Å²) in [7, 11) is 1.60. The van der Waals surface area contributed by atoms with Crippen molar-refractivity contribution in [2.24, 2.45) is 0 Å². The average molecular weight is 307 g/mol. The molecule has 0 bridgehead atoms. The lowest BCUT2D eigenvalue weighted by atomic mass is 10.2. The highest BCUT2D eigenvalue weighted by Crippen LogP contribution is 2.21. The summed E-state index contributed by atoms with van der Waals surface area (Å²) in [5.41, 5.74) is 1.60. The summed E-state index contributed by atoms with van der Waals surface area (Å²) in [5, 5.41) is 9.97. The van der Waals surface area contributed by atoms with Crippen molar-refractivity contribution in [1.82, 2.24) is 4.98 Å². The minimum Gasteiger partial charge on any atom is -0.487 e. The fraction of sp³-hybridized carbons (Fsp3) is 0.333. The zero-order valence-corrected chi connectivity index (χ0v) is 12.8. The molecule has 2 rings (SSSR count). The van der Waals surface area contributed by atoms with E-state index in [4.69, 9.17) is 9.47 Å². The van der Waals surface area contributed by atoms with E-state index in [1.807, 2.05) is 31.2 Å². The maximum absolute atomic E-state index is 11.2. The molecule has 0 aliphatic rings. The Morgan fingerprint density at radius 3 is 2.67 bits per heavy atom. The van der Waals surface area contributed by atoms with Crippen LogP contribution in [0, 0.1) is 6.92 Å². The van der Waals surface area contributed by atoms with Gasteiger partial charge in [0.1, 0.15) is 22.9 Å². The number of carboxylic acids is 1. The Kier molecular flexibility index (Phi) is 5.30. The molecule has 6 heteroatoms. The van der Waals surface area contributed by atoms with Gasteiger partial charge in [0, 0.05) is 13.5 Å². The molecular formula is C15H17NO4S. The normalized spacial score (nSPS) is 10.6. The van der Waals surface area contributed by atoms with Crippen molar-refractivity contribution in [2.45, 2.75) is 20.0 Å². The molecule has 0 unspecified atom stereocenters. The number of ether oxygens (including phenoxy) is 2. The second-order valence-electron chi connectivity index (χ2n) is 4.53. The van der Waals surface area contributed by atoms with Crippen LogP contribution >= 0.6 is 11.3 Å². The van der Waals surface area contributed by atoms with Gasteiger partial charge in [0.25, 0.3) is 0 Å². The van der Waals surface area contributed by atoms with E-state index in [-0.39, 0.29) is 11.5 Å². The van der Waals surface area contributed by atoms with Gasteiger partial charge in [-0.05, 0) is 19.1 Å². The molecule has 0 saturated heterocycles. The summed E-state index contributed by atoms with van der Waals surface area (Å²) < 4.78 is 10.6. The molecule has 2 aromatic rings. The Labute approximate surface area is 127 Å². The van der Waals surface area contributed by atoms with Crippen LogP contribution in [0.3, 0.4) is 0 Å². The molecule has 0 atom stereocenters. The summed E-state index contributed by atoms with van der Waals surface area (Å²) in [6, 6.07) is 7.60. The number of carbonyl (C=O) groups is 1. The van der Waals surface area contributed by atoms with Gasteiger partial charge >= 0.3 is 5.97 Å². The maximum Gasteiger partial charge on any atom is 0.347 e. The zero-order chi connectivity index (χ0) is 15.2. The van der Waals surface area contributed by atoms with Crippen molar-refractivity contribution >= 4 is 17.3 Å². The second kappa shape index (κ2) is 7.19. The Hall–Kier alpha value is -1.92.